The summed E-state index contributed by atoms with van der Waals surface area (Å²) in [5.74, 6) is -0.0519. The van der Waals surface area contributed by atoms with Crippen molar-refractivity contribution in [3.8, 4) is 11.5 Å². The molecule has 0 saturated heterocycles. The molecule has 0 bridgehead atoms. The molecular formula is C17H21F2NO5. The van der Waals surface area contributed by atoms with Gasteiger partial charge in [-0.15, -0.1) is 8.78 Å². The van der Waals surface area contributed by atoms with E-state index in [2.05, 4.69) is 9.47 Å². The van der Waals surface area contributed by atoms with Crippen LogP contribution in [0.5, 0.6) is 11.5 Å². The molecule has 1 amide bonds. The second-order valence-corrected chi connectivity index (χ2v) is 7.10. The summed E-state index contributed by atoms with van der Waals surface area (Å²) >= 11 is 0. The Morgan fingerprint density at radius 2 is 2.08 bits per heavy atom. The summed E-state index contributed by atoms with van der Waals surface area (Å²) in [5.41, 5.74) is 0.710. The van der Waals surface area contributed by atoms with E-state index in [4.69, 9.17) is 9.47 Å². The van der Waals surface area contributed by atoms with Gasteiger partial charge in [0.1, 0.15) is 11.7 Å². The SMILES string of the molecule is CN(CC1OCCc2ccc3c(c21)OC(F)(F)O3)C(=O)OC(C)(C)C. The topological polar surface area (TPSA) is 57.2 Å². The van der Waals surface area contributed by atoms with E-state index in [0.29, 0.717) is 18.6 Å². The van der Waals surface area contributed by atoms with E-state index in [9.17, 15) is 13.6 Å². The van der Waals surface area contributed by atoms with Crippen LogP contribution in [0.3, 0.4) is 0 Å². The molecule has 1 unspecified atom stereocenters. The third-order valence-corrected chi connectivity index (χ3v) is 3.86. The average Bonchev–Trinajstić information content (AvgIpc) is 2.79. The molecule has 6 nitrogen and oxygen atoms in total. The summed E-state index contributed by atoms with van der Waals surface area (Å²) in [6, 6.07) is 3.19. The minimum atomic E-state index is -3.70. The minimum absolute atomic E-state index is 0.0233. The lowest BCUT2D eigenvalue weighted by Gasteiger charge is -2.31. The maximum Gasteiger partial charge on any atom is 0.586 e. The molecule has 2 aliphatic rings. The lowest BCUT2D eigenvalue weighted by atomic mass is 9.95. The number of halogens is 2. The fourth-order valence-electron chi connectivity index (χ4n) is 2.85. The molecule has 8 heteroatoms. The van der Waals surface area contributed by atoms with Gasteiger partial charge in [0.05, 0.1) is 13.2 Å². The van der Waals surface area contributed by atoms with Gasteiger partial charge in [-0.25, -0.2) is 4.79 Å². The van der Waals surface area contributed by atoms with Crippen LogP contribution in [0.2, 0.25) is 0 Å². The maximum atomic E-state index is 13.4. The summed E-state index contributed by atoms with van der Waals surface area (Å²) in [5, 5.41) is 0. The lowest BCUT2D eigenvalue weighted by Crippen LogP contribution is -2.38. The molecule has 0 aliphatic carbocycles. The Balaban J connectivity index is 1.83. The van der Waals surface area contributed by atoms with Crippen molar-refractivity contribution in [2.45, 2.75) is 45.2 Å². The third-order valence-electron chi connectivity index (χ3n) is 3.86. The first kappa shape index (κ1) is 17.7. The van der Waals surface area contributed by atoms with Crippen molar-refractivity contribution < 1.29 is 32.5 Å². The van der Waals surface area contributed by atoms with Gasteiger partial charge in [0.25, 0.3) is 0 Å². The van der Waals surface area contributed by atoms with Crippen LogP contribution in [0, 0.1) is 0 Å². The summed E-state index contributed by atoms with van der Waals surface area (Å²) < 4.78 is 47.1. The molecule has 138 valence electrons. The quantitative estimate of drug-likeness (QED) is 0.811. The van der Waals surface area contributed by atoms with Crippen LogP contribution in [0.4, 0.5) is 13.6 Å². The molecule has 0 spiro atoms. The van der Waals surface area contributed by atoms with E-state index in [-0.39, 0.29) is 18.0 Å². The Bertz CT molecular complexity index is 686. The maximum absolute atomic E-state index is 13.4. The molecule has 25 heavy (non-hydrogen) atoms. The van der Waals surface area contributed by atoms with Crippen molar-refractivity contribution in [2.75, 3.05) is 20.2 Å². The summed E-state index contributed by atoms with van der Waals surface area (Å²) in [4.78, 5) is 13.5. The zero-order valence-corrected chi connectivity index (χ0v) is 14.6. The molecule has 2 heterocycles. The molecule has 2 aliphatic heterocycles. The number of benzene rings is 1. The van der Waals surface area contributed by atoms with E-state index in [1.54, 1.807) is 33.9 Å². The van der Waals surface area contributed by atoms with E-state index >= 15 is 0 Å². The van der Waals surface area contributed by atoms with Crippen molar-refractivity contribution in [2.24, 2.45) is 0 Å². The molecule has 0 radical (unpaired) electrons. The zero-order valence-electron chi connectivity index (χ0n) is 14.6. The van der Waals surface area contributed by atoms with Gasteiger partial charge in [0, 0.05) is 12.6 Å². The van der Waals surface area contributed by atoms with Crippen molar-refractivity contribution in [3.63, 3.8) is 0 Å². The Kier molecular flexibility index (Phi) is 4.26. The van der Waals surface area contributed by atoms with Crippen LogP contribution in [0.1, 0.15) is 38.0 Å². The smallest absolute Gasteiger partial charge is 0.444 e. The molecule has 1 atom stereocenters. The molecular weight excluding hydrogens is 336 g/mol. The Hall–Kier alpha value is -2.09. The molecule has 1 aromatic rings. The Labute approximate surface area is 144 Å². The van der Waals surface area contributed by atoms with Crippen LogP contribution in [0.25, 0.3) is 0 Å². The van der Waals surface area contributed by atoms with Gasteiger partial charge < -0.3 is 23.8 Å². The number of hydrogen-bond acceptors (Lipinski definition) is 5. The number of alkyl halides is 2. The summed E-state index contributed by atoms with van der Waals surface area (Å²) in [6.45, 7) is 5.88. The highest BCUT2D eigenvalue weighted by Crippen LogP contribution is 2.48. The van der Waals surface area contributed by atoms with E-state index in [1.165, 1.54) is 11.0 Å². The number of hydrogen-bond donors (Lipinski definition) is 0. The number of likely N-dealkylation sites (N-methyl/N-ethyl adjacent to an activating group) is 1. The van der Waals surface area contributed by atoms with Gasteiger partial charge in [-0.2, -0.15) is 0 Å². The van der Waals surface area contributed by atoms with Crippen molar-refractivity contribution >= 4 is 6.09 Å². The van der Waals surface area contributed by atoms with Crippen LogP contribution < -0.4 is 9.47 Å². The number of nitrogens with zero attached hydrogens (tertiary/aromatic N) is 1. The van der Waals surface area contributed by atoms with Gasteiger partial charge in [-0.1, -0.05) is 6.07 Å². The zero-order chi connectivity index (χ0) is 18.4. The minimum Gasteiger partial charge on any atom is -0.444 e. The number of amides is 1. The second-order valence-electron chi connectivity index (χ2n) is 7.10. The number of carbonyl (C=O) groups is 1. The first-order chi connectivity index (χ1) is 11.6. The largest absolute Gasteiger partial charge is 0.586 e. The number of fused-ring (bicyclic) bond motifs is 3. The van der Waals surface area contributed by atoms with Gasteiger partial charge in [0.2, 0.25) is 0 Å². The third kappa shape index (κ3) is 3.78. The van der Waals surface area contributed by atoms with Gasteiger partial charge in [-0.05, 0) is 38.8 Å². The Morgan fingerprint density at radius 3 is 2.76 bits per heavy atom. The molecule has 0 N–H and O–H groups in total. The monoisotopic (exact) mass is 357 g/mol. The summed E-state index contributed by atoms with van der Waals surface area (Å²) in [7, 11) is 1.57. The highest BCUT2D eigenvalue weighted by atomic mass is 19.3. The molecule has 3 rings (SSSR count). The second kappa shape index (κ2) is 6.01. The Morgan fingerprint density at radius 1 is 1.36 bits per heavy atom. The van der Waals surface area contributed by atoms with Gasteiger partial charge in [-0.3, -0.25) is 0 Å². The predicted molar refractivity (Wildman–Crippen MR) is 83.9 cm³/mol. The van der Waals surface area contributed by atoms with Gasteiger partial charge >= 0.3 is 12.4 Å². The molecule has 0 aromatic heterocycles. The summed E-state index contributed by atoms with van der Waals surface area (Å²) in [6.07, 6.45) is -4.24. The van der Waals surface area contributed by atoms with Crippen LogP contribution in [-0.2, 0) is 15.9 Å². The number of carbonyl (C=O) groups excluding carboxylic acids is 1. The molecule has 1 aromatic carbocycles. The number of ether oxygens (including phenoxy) is 4. The van der Waals surface area contributed by atoms with Crippen LogP contribution in [-0.4, -0.2) is 43.1 Å². The molecule has 0 fully saturated rings. The van der Waals surface area contributed by atoms with E-state index in [0.717, 1.165) is 5.56 Å². The first-order valence-electron chi connectivity index (χ1n) is 8.03. The fourth-order valence-corrected chi connectivity index (χ4v) is 2.85. The molecule has 0 saturated carbocycles. The van der Waals surface area contributed by atoms with Crippen molar-refractivity contribution in [1.82, 2.24) is 4.90 Å². The van der Waals surface area contributed by atoms with Crippen LogP contribution in [0.15, 0.2) is 12.1 Å². The highest BCUT2D eigenvalue weighted by Gasteiger charge is 2.46. The average molecular weight is 357 g/mol. The highest BCUT2D eigenvalue weighted by molar-refractivity contribution is 5.68. The van der Waals surface area contributed by atoms with E-state index in [1.807, 2.05) is 0 Å². The van der Waals surface area contributed by atoms with E-state index < -0.39 is 24.1 Å². The standard InChI is InChI=1S/C17H21F2NO5/c1-16(2,3)25-15(21)20(4)9-12-13-10(7-8-22-12)5-6-11-14(13)24-17(18,19)23-11/h5-6,12H,7-9H2,1-4H3. The van der Waals surface area contributed by atoms with Crippen molar-refractivity contribution in [1.29, 1.82) is 0 Å². The van der Waals surface area contributed by atoms with Crippen LogP contribution >= 0.6 is 0 Å². The van der Waals surface area contributed by atoms with Gasteiger partial charge in [0.15, 0.2) is 11.5 Å². The normalized spacial score (nSPS) is 20.8. The fraction of sp³-hybridized carbons (Fsp3) is 0.588. The first-order valence-corrected chi connectivity index (χ1v) is 8.03. The number of rotatable bonds is 2. The van der Waals surface area contributed by atoms with Crippen molar-refractivity contribution in [3.05, 3.63) is 23.3 Å². The lowest BCUT2D eigenvalue weighted by molar-refractivity contribution is -0.287. The predicted octanol–water partition coefficient (Wildman–Crippen LogP) is 3.49.